The summed E-state index contributed by atoms with van der Waals surface area (Å²) in [6, 6.07) is 7.01. The number of ether oxygens (including phenoxy) is 1. The maximum absolute atomic E-state index is 12.1. The molecular weight excluding hydrogens is 358 g/mol. The first-order valence-corrected chi connectivity index (χ1v) is 8.86. The van der Waals surface area contributed by atoms with Gasteiger partial charge in [-0.15, -0.1) is 0 Å². The van der Waals surface area contributed by atoms with Crippen LogP contribution in [0.2, 0.25) is 5.02 Å². The molecule has 1 aromatic carbocycles. The number of piperidine rings is 1. The minimum Gasteiger partial charge on any atom is -0.493 e. The van der Waals surface area contributed by atoms with Gasteiger partial charge in [-0.3, -0.25) is 14.4 Å². The Morgan fingerprint density at radius 3 is 2.38 bits per heavy atom. The lowest BCUT2D eigenvalue weighted by atomic mass is 9.76. The van der Waals surface area contributed by atoms with Crippen LogP contribution in [-0.2, 0) is 14.4 Å². The summed E-state index contributed by atoms with van der Waals surface area (Å²) in [5.74, 6) is -0.0913. The summed E-state index contributed by atoms with van der Waals surface area (Å²) in [6.07, 6.45) is 1.42. The van der Waals surface area contributed by atoms with Gasteiger partial charge < -0.3 is 20.7 Å². The zero-order valence-corrected chi connectivity index (χ0v) is 15.6. The van der Waals surface area contributed by atoms with Gasteiger partial charge in [-0.05, 0) is 37.1 Å². The van der Waals surface area contributed by atoms with E-state index in [2.05, 4.69) is 5.32 Å². The normalized spacial score (nSPS) is 16.0. The number of carbonyl (C=O) groups excluding carboxylic acids is 3. The molecule has 1 fully saturated rings. The number of primary amides is 1. The number of hydrogen-bond donors (Lipinski definition) is 2. The molecule has 0 atom stereocenters. The third-order valence-corrected chi connectivity index (χ3v) is 4.83. The average Bonchev–Trinajstić information content (AvgIpc) is 2.59. The van der Waals surface area contributed by atoms with Gasteiger partial charge in [0, 0.05) is 36.9 Å². The Bertz CT molecular complexity index is 655. The molecule has 142 valence electrons. The van der Waals surface area contributed by atoms with Crippen LogP contribution in [0.1, 0.15) is 26.2 Å². The minimum absolute atomic E-state index is 0.0145. The molecule has 0 aliphatic carbocycles. The second-order valence-electron chi connectivity index (χ2n) is 6.68. The maximum atomic E-state index is 12.1. The second kappa shape index (κ2) is 8.89. The highest BCUT2D eigenvalue weighted by atomic mass is 35.5. The van der Waals surface area contributed by atoms with E-state index >= 15 is 0 Å². The van der Waals surface area contributed by atoms with Gasteiger partial charge in [0.25, 0.3) is 0 Å². The number of nitrogens with zero attached hydrogens (tertiary/aromatic N) is 1. The Balaban J connectivity index is 1.95. The van der Waals surface area contributed by atoms with Crippen molar-refractivity contribution < 1.29 is 19.1 Å². The number of nitrogens with one attached hydrogen (secondary N) is 1. The lowest BCUT2D eigenvalue weighted by Crippen LogP contribution is -2.49. The smallest absolute Gasteiger partial charge is 0.241 e. The van der Waals surface area contributed by atoms with E-state index in [1.807, 2.05) is 0 Å². The van der Waals surface area contributed by atoms with E-state index in [1.165, 1.54) is 6.92 Å². The molecule has 1 heterocycles. The van der Waals surface area contributed by atoms with Crippen LogP contribution < -0.4 is 15.8 Å². The summed E-state index contributed by atoms with van der Waals surface area (Å²) in [6.45, 7) is 2.69. The number of likely N-dealkylation sites (tertiary alicyclic amines) is 1. The molecule has 0 radical (unpaired) electrons. The van der Waals surface area contributed by atoms with Crippen molar-refractivity contribution in [2.24, 2.45) is 11.1 Å². The molecule has 2 rings (SSSR count). The van der Waals surface area contributed by atoms with Gasteiger partial charge in [0.05, 0.1) is 13.2 Å². The first-order chi connectivity index (χ1) is 12.3. The minimum atomic E-state index is -0.406. The fourth-order valence-corrected chi connectivity index (χ4v) is 3.18. The predicted octanol–water partition coefficient (Wildman–Crippen LogP) is 1.34. The molecule has 7 nitrogen and oxygen atoms in total. The van der Waals surface area contributed by atoms with E-state index in [1.54, 1.807) is 29.2 Å². The van der Waals surface area contributed by atoms with E-state index in [0.717, 1.165) is 0 Å². The Morgan fingerprint density at radius 2 is 1.85 bits per heavy atom. The Kier molecular flexibility index (Phi) is 6.85. The van der Waals surface area contributed by atoms with Gasteiger partial charge in [0.1, 0.15) is 5.75 Å². The summed E-state index contributed by atoms with van der Waals surface area (Å²) in [5.41, 5.74) is 5.03. The van der Waals surface area contributed by atoms with Crippen LogP contribution in [0, 0.1) is 5.41 Å². The number of rotatable bonds is 7. The molecule has 1 aliphatic heterocycles. The third kappa shape index (κ3) is 5.91. The first-order valence-electron chi connectivity index (χ1n) is 8.49. The van der Waals surface area contributed by atoms with Gasteiger partial charge >= 0.3 is 0 Å². The summed E-state index contributed by atoms with van der Waals surface area (Å²) >= 11 is 5.87. The molecule has 0 bridgehead atoms. The van der Waals surface area contributed by atoms with Crippen molar-refractivity contribution in [3.63, 3.8) is 0 Å². The lowest BCUT2D eigenvalue weighted by molar-refractivity contribution is -0.135. The zero-order valence-electron chi connectivity index (χ0n) is 14.8. The van der Waals surface area contributed by atoms with Gasteiger partial charge in [-0.1, -0.05) is 11.6 Å². The quantitative estimate of drug-likeness (QED) is 0.744. The topological polar surface area (TPSA) is 102 Å². The molecule has 3 N–H and O–H groups in total. The van der Waals surface area contributed by atoms with Gasteiger partial charge in [-0.2, -0.15) is 0 Å². The van der Waals surface area contributed by atoms with Crippen LogP contribution in [0.5, 0.6) is 5.75 Å². The Morgan fingerprint density at radius 1 is 1.23 bits per heavy atom. The van der Waals surface area contributed by atoms with Crippen molar-refractivity contribution >= 4 is 29.3 Å². The van der Waals surface area contributed by atoms with Gasteiger partial charge in [-0.25, -0.2) is 0 Å². The van der Waals surface area contributed by atoms with Gasteiger partial charge in [0.15, 0.2) is 0 Å². The molecule has 8 heteroatoms. The summed E-state index contributed by atoms with van der Waals surface area (Å²) < 4.78 is 5.85. The molecule has 0 saturated carbocycles. The molecule has 3 amide bonds. The highest BCUT2D eigenvalue weighted by molar-refractivity contribution is 6.30. The third-order valence-electron chi connectivity index (χ3n) is 4.57. The van der Waals surface area contributed by atoms with Crippen LogP contribution in [-0.4, -0.2) is 48.9 Å². The summed E-state index contributed by atoms with van der Waals surface area (Å²) in [7, 11) is 0. The average molecular weight is 382 g/mol. The highest BCUT2D eigenvalue weighted by Crippen LogP contribution is 2.36. The van der Waals surface area contributed by atoms with Crippen LogP contribution in [0.3, 0.4) is 0 Å². The number of nitrogens with two attached hydrogens (primary N) is 1. The summed E-state index contributed by atoms with van der Waals surface area (Å²) in [5, 5.41) is 3.13. The SMILES string of the molecule is CC(=O)NCC(=O)N1CCC(COc2ccc(Cl)cc2)(CC(N)=O)CC1. The van der Waals surface area contributed by atoms with Crippen LogP contribution in [0.25, 0.3) is 0 Å². The van der Waals surface area contributed by atoms with Crippen molar-refractivity contribution in [1.29, 1.82) is 0 Å². The van der Waals surface area contributed by atoms with E-state index in [9.17, 15) is 14.4 Å². The van der Waals surface area contributed by atoms with Crippen LogP contribution in [0.15, 0.2) is 24.3 Å². The molecule has 1 saturated heterocycles. The van der Waals surface area contributed by atoms with E-state index in [0.29, 0.717) is 43.3 Å². The number of halogens is 1. The van der Waals surface area contributed by atoms with E-state index in [-0.39, 0.29) is 30.7 Å². The number of benzene rings is 1. The zero-order chi connectivity index (χ0) is 19.2. The number of hydrogen-bond acceptors (Lipinski definition) is 4. The molecule has 1 aliphatic rings. The van der Waals surface area contributed by atoms with Gasteiger partial charge in [0.2, 0.25) is 17.7 Å². The molecule has 0 aromatic heterocycles. The molecule has 0 spiro atoms. The van der Waals surface area contributed by atoms with Crippen molar-refractivity contribution in [3.05, 3.63) is 29.3 Å². The Hall–Kier alpha value is -2.28. The number of amides is 3. The number of carbonyl (C=O) groups is 3. The van der Waals surface area contributed by atoms with Crippen LogP contribution in [0.4, 0.5) is 0 Å². The molecule has 1 aromatic rings. The highest BCUT2D eigenvalue weighted by Gasteiger charge is 2.38. The maximum Gasteiger partial charge on any atom is 0.241 e. The van der Waals surface area contributed by atoms with Crippen molar-refractivity contribution in [2.45, 2.75) is 26.2 Å². The Labute approximate surface area is 157 Å². The monoisotopic (exact) mass is 381 g/mol. The molecule has 26 heavy (non-hydrogen) atoms. The fraction of sp³-hybridized carbons (Fsp3) is 0.500. The standard InChI is InChI=1S/C18H24ClN3O4/c1-13(23)21-11-17(25)22-8-6-18(7-9-22,10-16(20)24)12-26-15-4-2-14(19)3-5-15/h2-5H,6-12H2,1H3,(H2,20,24)(H,21,23). The second-order valence-corrected chi connectivity index (χ2v) is 7.11. The van der Waals surface area contributed by atoms with Crippen molar-refractivity contribution in [1.82, 2.24) is 10.2 Å². The van der Waals surface area contributed by atoms with E-state index in [4.69, 9.17) is 22.1 Å². The molecule has 0 unspecified atom stereocenters. The predicted molar refractivity (Wildman–Crippen MR) is 97.7 cm³/mol. The largest absolute Gasteiger partial charge is 0.493 e. The van der Waals surface area contributed by atoms with Crippen molar-refractivity contribution in [3.8, 4) is 5.75 Å². The summed E-state index contributed by atoms with van der Waals surface area (Å²) in [4.78, 5) is 36.3. The first kappa shape index (κ1) is 20.0. The van der Waals surface area contributed by atoms with E-state index < -0.39 is 5.41 Å². The fourth-order valence-electron chi connectivity index (χ4n) is 3.05. The molecular formula is C18H24ClN3O4. The van der Waals surface area contributed by atoms with Crippen LogP contribution >= 0.6 is 11.6 Å². The lowest BCUT2D eigenvalue weighted by Gasteiger charge is -2.41. The van der Waals surface area contributed by atoms with Crippen molar-refractivity contribution in [2.75, 3.05) is 26.2 Å².